The Morgan fingerprint density at radius 1 is 1.38 bits per heavy atom. The molecule has 2 aromatic rings. The highest BCUT2D eigenvalue weighted by molar-refractivity contribution is 7.93. The van der Waals surface area contributed by atoms with Gasteiger partial charge in [-0.15, -0.1) is 11.3 Å². The second-order valence-electron chi connectivity index (χ2n) is 4.34. The molecule has 7 heteroatoms. The first-order valence-corrected chi connectivity index (χ1v) is 8.44. The van der Waals surface area contributed by atoms with Crippen LogP contribution in [0.25, 0.3) is 0 Å². The van der Waals surface area contributed by atoms with Crippen molar-refractivity contribution in [3.8, 4) is 11.8 Å². The van der Waals surface area contributed by atoms with Gasteiger partial charge in [0.15, 0.2) is 5.13 Å². The van der Waals surface area contributed by atoms with Crippen molar-refractivity contribution in [3.05, 3.63) is 40.4 Å². The summed E-state index contributed by atoms with van der Waals surface area (Å²) in [6.07, 6.45) is 0. The molecule has 5 nitrogen and oxygen atoms in total. The predicted molar refractivity (Wildman–Crippen MR) is 82.8 cm³/mol. The molecule has 0 saturated carbocycles. The Bertz CT molecular complexity index is 814. The van der Waals surface area contributed by atoms with Crippen LogP contribution >= 0.6 is 11.3 Å². The highest BCUT2D eigenvalue weighted by atomic mass is 32.2. The number of aromatic nitrogens is 1. The first-order valence-electron chi connectivity index (χ1n) is 6.08. The van der Waals surface area contributed by atoms with Crippen molar-refractivity contribution in [1.82, 2.24) is 4.98 Å². The predicted octanol–water partition coefficient (Wildman–Crippen LogP) is 1.90. The summed E-state index contributed by atoms with van der Waals surface area (Å²) < 4.78 is 27.0. The van der Waals surface area contributed by atoms with Gasteiger partial charge < -0.3 is 5.11 Å². The third-order valence-corrected chi connectivity index (χ3v) is 4.99. The Labute approximate surface area is 127 Å². The van der Waals surface area contributed by atoms with E-state index in [1.807, 2.05) is 0 Å². The van der Waals surface area contributed by atoms with Crippen LogP contribution in [0.2, 0.25) is 0 Å². The monoisotopic (exact) mass is 322 g/mol. The van der Waals surface area contributed by atoms with Crippen LogP contribution in [0.5, 0.6) is 0 Å². The van der Waals surface area contributed by atoms with Gasteiger partial charge in [-0.3, -0.25) is 4.72 Å². The van der Waals surface area contributed by atoms with Crippen LogP contribution in [-0.2, 0) is 10.0 Å². The summed E-state index contributed by atoms with van der Waals surface area (Å²) in [7, 11) is -3.66. The lowest BCUT2D eigenvalue weighted by Gasteiger charge is -2.07. The average molecular weight is 322 g/mol. The van der Waals surface area contributed by atoms with Crippen LogP contribution in [0.3, 0.4) is 0 Å². The van der Waals surface area contributed by atoms with Gasteiger partial charge in [-0.2, -0.15) is 0 Å². The van der Waals surface area contributed by atoms with Gasteiger partial charge in [0.05, 0.1) is 10.6 Å². The van der Waals surface area contributed by atoms with E-state index in [0.29, 0.717) is 10.7 Å². The van der Waals surface area contributed by atoms with Crippen LogP contribution in [0, 0.1) is 25.7 Å². The minimum absolute atomic E-state index is 0.155. The van der Waals surface area contributed by atoms with Crippen LogP contribution in [0.1, 0.15) is 16.8 Å². The lowest BCUT2D eigenvalue weighted by Crippen LogP contribution is -2.13. The third-order valence-electron chi connectivity index (χ3n) is 2.65. The highest BCUT2D eigenvalue weighted by Gasteiger charge is 2.16. The zero-order valence-electron chi connectivity index (χ0n) is 11.5. The van der Waals surface area contributed by atoms with E-state index < -0.39 is 10.0 Å². The number of rotatable bonds is 3. The van der Waals surface area contributed by atoms with E-state index in [0.717, 1.165) is 11.3 Å². The summed E-state index contributed by atoms with van der Waals surface area (Å²) in [5.74, 6) is 5.31. The second kappa shape index (κ2) is 6.26. The molecule has 110 valence electrons. The molecule has 0 aliphatic carbocycles. The first-order chi connectivity index (χ1) is 9.92. The van der Waals surface area contributed by atoms with Crippen molar-refractivity contribution < 1.29 is 13.5 Å². The average Bonchev–Trinajstić information content (AvgIpc) is 2.82. The number of thiazole rings is 1. The van der Waals surface area contributed by atoms with E-state index in [1.165, 1.54) is 17.4 Å². The number of anilines is 1. The van der Waals surface area contributed by atoms with Gasteiger partial charge >= 0.3 is 0 Å². The smallest absolute Gasteiger partial charge is 0.263 e. The number of aryl methyl sites for hydroxylation is 2. The normalized spacial score (nSPS) is 10.8. The molecule has 0 spiro atoms. The molecular formula is C14H14N2O3S2. The number of sulfonamides is 1. The molecule has 21 heavy (non-hydrogen) atoms. The Hall–Kier alpha value is -1.88. The first kappa shape index (κ1) is 15.5. The second-order valence-corrected chi connectivity index (χ2v) is 6.88. The summed E-state index contributed by atoms with van der Waals surface area (Å²) in [5, 5.41) is 10.8. The van der Waals surface area contributed by atoms with Crippen LogP contribution < -0.4 is 4.72 Å². The SMILES string of the molecule is Cc1csc(NS(=O)(=O)c2ccc(C#CCO)c(C)c2)n1. The van der Waals surface area contributed by atoms with Gasteiger partial charge in [0.25, 0.3) is 10.0 Å². The minimum atomic E-state index is -3.66. The zero-order valence-corrected chi connectivity index (χ0v) is 13.2. The molecule has 0 amide bonds. The Balaban J connectivity index is 2.30. The molecule has 0 radical (unpaired) electrons. The number of hydrogen-bond donors (Lipinski definition) is 2. The van der Waals surface area contributed by atoms with E-state index in [1.54, 1.807) is 31.4 Å². The maximum Gasteiger partial charge on any atom is 0.263 e. The van der Waals surface area contributed by atoms with Crippen molar-refractivity contribution in [3.63, 3.8) is 0 Å². The van der Waals surface area contributed by atoms with Crippen molar-refractivity contribution in [1.29, 1.82) is 0 Å². The Kier molecular flexibility index (Phi) is 4.63. The number of benzene rings is 1. The van der Waals surface area contributed by atoms with Crippen molar-refractivity contribution in [2.75, 3.05) is 11.3 Å². The quantitative estimate of drug-likeness (QED) is 0.846. The molecule has 2 N–H and O–H groups in total. The van der Waals surface area contributed by atoms with Gasteiger partial charge in [-0.05, 0) is 37.6 Å². The maximum absolute atomic E-state index is 12.3. The summed E-state index contributed by atoms with van der Waals surface area (Å²) in [4.78, 5) is 4.23. The summed E-state index contributed by atoms with van der Waals surface area (Å²) in [6.45, 7) is 3.34. The Morgan fingerprint density at radius 3 is 2.71 bits per heavy atom. The van der Waals surface area contributed by atoms with E-state index in [9.17, 15) is 8.42 Å². The van der Waals surface area contributed by atoms with E-state index in [4.69, 9.17) is 5.11 Å². The lowest BCUT2D eigenvalue weighted by molar-refractivity contribution is 0.350. The number of hydrogen-bond acceptors (Lipinski definition) is 5. The molecule has 0 saturated heterocycles. The number of aliphatic hydroxyl groups is 1. The van der Waals surface area contributed by atoms with Gasteiger partial charge in [-0.1, -0.05) is 11.8 Å². The standard InChI is InChI=1S/C14H14N2O3S2/c1-10-8-13(6-5-12(10)4-3-7-17)21(18,19)16-14-15-11(2)9-20-14/h5-6,8-9,17H,7H2,1-2H3,(H,15,16). The molecule has 1 aromatic carbocycles. The van der Waals surface area contributed by atoms with Crippen molar-refractivity contribution in [2.45, 2.75) is 18.7 Å². The molecular weight excluding hydrogens is 308 g/mol. The molecule has 1 heterocycles. The molecule has 0 unspecified atom stereocenters. The van der Waals surface area contributed by atoms with Crippen LogP contribution in [-0.4, -0.2) is 25.1 Å². The van der Waals surface area contributed by atoms with E-state index >= 15 is 0 Å². The van der Waals surface area contributed by atoms with Gasteiger partial charge in [0, 0.05) is 10.9 Å². The minimum Gasteiger partial charge on any atom is -0.384 e. The maximum atomic E-state index is 12.3. The van der Waals surface area contributed by atoms with Crippen LogP contribution in [0.15, 0.2) is 28.5 Å². The zero-order chi connectivity index (χ0) is 15.5. The summed E-state index contributed by atoms with van der Waals surface area (Å²) >= 11 is 1.24. The third kappa shape index (κ3) is 3.82. The van der Waals surface area contributed by atoms with Gasteiger partial charge in [-0.25, -0.2) is 13.4 Å². The molecule has 0 bridgehead atoms. The molecule has 1 aromatic heterocycles. The summed E-state index contributed by atoms with van der Waals surface area (Å²) in [6, 6.07) is 4.65. The summed E-state index contributed by atoms with van der Waals surface area (Å²) in [5.41, 5.74) is 2.19. The van der Waals surface area contributed by atoms with E-state index in [-0.39, 0.29) is 11.5 Å². The Morgan fingerprint density at radius 2 is 2.14 bits per heavy atom. The van der Waals surface area contributed by atoms with Crippen molar-refractivity contribution in [2.24, 2.45) is 0 Å². The number of nitrogens with zero attached hydrogens (tertiary/aromatic N) is 1. The molecule has 0 aliphatic rings. The fraction of sp³-hybridized carbons (Fsp3) is 0.214. The highest BCUT2D eigenvalue weighted by Crippen LogP contribution is 2.21. The number of nitrogens with one attached hydrogen (secondary N) is 1. The fourth-order valence-corrected chi connectivity index (χ4v) is 3.68. The van der Waals surface area contributed by atoms with Gasteiger partial charge in [0.1, 0.15) is 6.61 Å². The molecule has 0 fully saturated rings. The van der Waals surface area contributed by atoms with Crippen LogP contribution in [0.4, 0.5) is 5.13 Å². The topological polar surface area (TPSA) is 79.3 Å². The number of aliphatic hydroxyl groups excluding tert-OH is 1. The lowest BCUT2D eigenvalue weighted by atomic mass is 10.1. The molecule has 0 atom stereocenters. The molecule has 2 rings (SSSR count). The van der Waals surface area contributed by atoms with Gasteiger partial charge in [0.2, 0.25) is 0 Å². The largest absolute Gasteiger partial charge is 0.384 e. The van der Waals surface area contributed by atoms with E-state index in [2.05, 4.69) is 21.5 Å². The fourth-order valence-electron chi connectivity index (χ4n) is 1.65. The molecule has 0 aliphatic heterocycles. The van der Waals surface area contributed by atoms with Crippen molar-refractivity contribution >= 4 is 26.5 Å².